The second kappa shape index (κ2) is 7.80. The number of aromatic nitrogens is 4. The number of carbonyl (C=O) groups is 1. The molecule has 0 radical (unpaired) electrons. The third-order valence-corrected chi connectivity index (χ3v) is 6.23. The number of fused-ring (bicyclic) bond motifs is 1. The van der Waals surface area contributed by atoms with Crippen LogP contribution in [0.5, 0.6) is 0 Å². The Kier molecular flexibility index (Phi) is 5.32. The van der Waals surface area contributed by atoms with Crippen LogP contribution < -0.4 is 5.32 Å². The summed E-state index contributed by atoms with van der Waals surface area (Å²) < 4.78 is 1.72. The summed E-state index contributed by atoms with van der Waals surface area (Å²) in [5.74, 6) is 0.591. The number of para-hydroxylation sites is 1. The van der Waals surface area contributed by atoms with Crippen LogP contribution in [0.15, 0.2) is 30.5 Å². The minimum Gasteiger partial charge on any atom is -0.390 e. The number of carbonyl (C=O) groups excluding carboxylic acids is 1. The molecule has 0 spiro atoms. The highest BCUT2D eigenvalue weighted by Gasteiger charge is 2.32. The van der Waals surface area contributed by atoms with Crippen molar-refractivity contribution in [2.75, 3.05) is 0 Å². The number of nitrogens with zero attached hydrogens (tertiary/aromatic N) is 4. The first-order chi connectivity index (χ1) is 14.2. The van der Waals surface area contributed by atoms with Gasteiger partial charge in [0, 0.05) is 17.6 Å². The summed E-state index contributed by atoms with van der Waals surface area (Å²) in [5.41, 5.74) is 2.30. The van der Waals surface area contributed by atoms with Crippen molar-refractivity contribution >= 4 is 16.8 Å². The summed E-state index contributed by atoms with van der Waals surface area (Å²) in [6, 6.07) is 8.07. The topological polar surface area (TPSA) is 92.9 Å². The lowest BCUT2D eigenvalue weighted by atomic mass is 9.77. The maximum Gasteiger partial charge on any atom is 0.254 e. The number of hydrogen-bond acceptors (Lipinski definition) is 5. The highest BCUT2D eigenvalue weighted by molar-refractivity contribution is 5.95. The van der Waals surface area contributed by atoms with Crippen molar-refractivity contribution in [1.82, 2.24) is 25.1 Å². The molecule has 0 unspecified atom stereocenters. The Labute approximate surface area is 176 Å². The van der Waals surface area contributed by atoms with Gasteiger partial charge >= 0.3 is 0 Å². The van der Waals surface area contributed by atoms with E-state index in [1.165, 1.54) is 0 Å². The average molecular weight is 408 g/mol. The van der Waals surface area contributed by atoms with Gasteiger partial charge in [-0.3, -0.25) is 4.79 Å². The van der Waals surface area contributed by atoms with Gasteiger partial charge in [0.05, 0.1) is 28.1 Å². The monoisotopic (exact) mass is 407 g/mol. The number of nitrogens with one attached hydrogen (secondary N) is 1. The maximum absolute atomic E-state index is 12.8. The zero-order valence-corrected chi connectivity index (χ0v) is 18.0. The highest BCUT2D eigenvalue weighted by atomic mass is 16.3. The Morgan fingerprint density at radius 3 is 2.50 bits per heavy atom. The van der Waals surface area contributed by atoms with Gasteiger partial charge in [-0.05, 0) is 65.4 Å². The minimum atomic E-state index is -0.662. The van der Waals surface area contributed by atoms with E-state index in [4.69, 9.17) is 0 Å². The van der Waals surface area contributed by atoms with Gasteiger partial charge in [0.1, 0.15) is 0 Å². The summed E-state index contributed by atoms with van der Waals surface area (Å²) >= 11 is 0. The molecule has 1 aromatic carbocycles. The van der Waals surface area contributed by atoms with Crippen molar-refractivity contribution in [3.8, 4) is 5.95 Å². The largest absolute Gasteiger partial charge is 0.390 e. The van der Waals surface area contributed by atoms with E-state index in [0.717, 1.165) is 42.3 Å². The number of aliphatic hydroxyl groups is 1. The van der Waals surface area contributed by atoms with Gasteiger partial charge in [0.25, 0.3) is 11.9 Å². The zero-order chi connectivity index (χ0) is 21.5. The van der Waals surface area contributed by atoms with E-state index in [1.807, 2.05) is 52.0 Å². The van der Waals surface area contributed by atoms with E-state index in [0.29, 0.717) is 17.2 Å². The van der Waals surface area contributed by atoms with Crippen molar-refractivity contribution in [2.24, 2.45) is 5.92 Å². The molecule has 0 aliphatic heterocycles. The summed E-state index contributed by atoms with van der Waals surface area (Å²) in [5, 5.41) is 18.9. The lowest BCUT2D eigenvalue weighted by Gasteiger charge is -2.36. The SMILES string of the molecule is Cc1nc(-n2nc(C)c3ccccc32)ncc1C(=O)NC1CCC(C(C)(C)O)CC1. The molecule has 1 aliphatic rings. The van der Waals surface area contributed by atoms with E-state index in [9.17, 15) is 9.90 Å². The van der Waals surface area contributed by atoms with Gasteiger partial charge < -0.3 is 10.4 Å². The van der Waals surface area contributed by atoms with E-state index in [-0.39, 0.29) is 17.9 Å². The normalized spacial score (nSPS) is 19.8. The standard InChI is InChI=1S/C23H29N5O2/c1-14-19(21(29)26-17-11-9-16(10-12-17)23(3,4)30)13-24-22(25-14)28-20-8-6-5-7-18(20)15(2)27-28/h5-8,13,16-17,30H,9-12H2,1-4H3,(H,26,29). The van der Waals surface area contributed by atoms with Gasteiger partial charge in [-0.1, -0.05) is 18.2 Å². The van der Waals surface area contributed by atoms with Crippen LogP contribution >= 0.6 is 0 Å². The predicted octanol–water partition coefficient (Wildman–Crippen LogP) is 3.49. The zero-order valence-electron chi connectivity index (χ0n) is 18.0. The molecule has 2 heterocycles. The molecule has 7 heteroatoms. The van der Waals surface area contributed by atoms with E-state index in [1.54, 1.807) is 10.9 Å². The fourth-order valence-electron chi connectivity index (χ4n) is 4.36. The van der Waals surface area contributed by atoms with Crippen molar-refractivity contribution in [3.05, 3.63) is 47.4 Å². The molecule has 2 N–H and O–H groups in total. The lowest BCUT2D eigenvalue weighted by molar-refractivity contribution is -0.00257. The second-order valence-electron chi connectivity index (χ2n) is 8.86. The first-order valence-electron chi connectivity index (χ1n) is 10.6. The fourth-order valence-corrected chi connectivity index (χ4v) is 4.36. The van der Waals surface area contributed by atoms with Crippen LogP contribution in [-0.2, 0) is 0 Å². The molecule has 4 rings (SSSR count). The van der Waals surface area contributed by atoms with Crippen molar-refractivity contribution in [2.45, 2.75) is 65.0 Å². The van der Waals surface area contributed by atoms with Crippen LogP contribution in [0, 0.1) is 19.8 Å². The molecule has 1 aliphatic carbocycles. The highest BCUT2D eigenvalue weighted by Crippen LogP contribution is 2.32. The van der Waals surface area contributed by atoms with Crippen molar-refractivity contribution in [1.29, 1.82) is 0 Å². The lowest BCUT2D eigenvalue weighted by Crippen LogP contribution is -2.42. The van der Waals surface area contributed by atoms with Gasteiger partial charge in [-0.15, -0.1) is 0 Å². The molecule has 1 saturated carbocycles. The number of amides is 1. The van der Waals surface area contributed by atoms with Crippen LogP contribution in [0.3, 0.4) is 0 Å². The molecule has 1 amide bonds. The van der Waals surface area contributed by atoms with Crippen molar-refractivity contribution in [3.63, 3.8) is 0 Å². The Morgan fingerprint density at radius 2 is 1.83 bits per heavy atom. The van der Waals surface area contributed by atoms with Gasteiger partial charge in [0.2, 0.25) is 0 Å². The number of hydrogen-bond donors (Lipinski definition) is 2. The average Bonchev–Trinajstić information content (AvgIpc) is 3.04. The third kappa shape index (κ3) is 3.94. The molecule has 0 saturated heterocycles. The summed E-state index contributed by atoms with van der Waals surface area (Å²) in [7, 11) is 0. The van der Waals surface area contributed by atoms with Crippen LogP contribution in [0.4, 0.5) is 0 Å². The molecule has 158 valence electrons. The summed E-state index contributed by atoms with van der Waals surface area (Å²) in [6.45, 7) is 7.51. The molecular weight excluding hydrogens is 378 g/mol. The summed E-state index contributed by atoms with van der Waals surface area (Å²) in [4.78, 5) is 21.8. The predicted molar refractivity (Wildman–Crippen MR) is 116 cm³/mol. The minimum absolute atomic E-state index is 0.118. The number of aryl methyl sites for hydroxylation is 2. The van der Waals surface area contributed by atoms with Crippen molar-refractivity contribution < 1.29 is 9.90 Å². The molecule has 0 bridgehead atoms. The van der Waals surface area contributed by atoms with E-state index < -0.39 is 5.60 Å². The van der Waals surface area contributed by atoms with Gasteiger partial charge in [0.15, 0.2) is 0 Å². The molecule has 1 fully saturated rings. The fraction of sp³-hybridized carbons (Fsp3) is 0.478. The molecule has 3 aromatic rings. The van der Waals surface area contributed by atoms with E-state index >= 15 is 0 Å². The van der Waals surface area contributed by atoms with Gasteiger partial charge in [-0.2, -0.15) is 9.78 Å². The number of benzene rings is 1. The molecule has 2 aromatic heterocycles. The second-order valence-corrected chi connectivity index (χ2v) is 8.86. The molecular formula is C23H29N5O2. The van der Waals surface area contributed by atoms with Crippen LogP contribution in [0.25, 0.3) is 16.9 Å². The first kappa shape index (κ1) is 20.5. The molecule has 7 nitrogen and oxygen atoms in total. The Morgan fingerprint density at radius 1 is 1.13 bits per heavy atom. The smallest absolute Gasteiger partial charge is 0.254 e. The quantitative estimate of drug-likeness (QED) is 0.691. The van der Waals surface area contributed by atoms with E-state index in [2.05, 4.69) is 20.4 Å². The van der Waals surface area contributed by atoms with Gasteiger partial charge in [-0.25, -0.2) is 9.97 Å². The van der Waals surface area contributed by atoms with Crippen LogP contribution in [0.1, 0.15) is 61.3 Å². The first-order valence-corrected chi connectivity index (χ1v) is 10.6. The maximum atomic E-state index is 12.8. The number of rotatable bonds is 4. The Balaban J connectivity index is 1.49. The Bertz CT molecular complexity index is 1070. The molecule has 0 atom stereocenters. The molecule has 30 heavy (non-hydrogen) atoms. The van der Waals surface area contributed by atoms with Crippen LogP contribution in [0.2, 0.25) is 0 Å². The summed E-state index contributed by atoms with van der Waals surface area (Å²) in [6.07, 6.45) is 5.15. The van der Waals surface area contributed by atoms with Crippen LogP contribution in [-0.4, -0.2) is 42.4 Å². The Hall–Kier alpha value is -2.80. The third-order valence-electron chi connectivity index (χ3n) is 6.23.